The summed E-state index contributed by atoms with van der Waals surface area (Å²) in [5.41, 5.74) is 0.425. The molecule has 0 aromatic heterocycles. The van der Waals surface area contributed by atoms with Crippen LogP contribution in [0.4, 0.5) is 13.2 Å². The summed E-state index contributed by atoms with van der Waals surface area (Å²) in [6, 6.07) is 4.00. The van der Waals surface area contributed by atoms with Crippen molar-refractivity contribution in [3.63, 3.8) is 0 Å². The van der Waals surface area contributed by atoms with Crippen molar-refractivity contribution in [2.75, 3.05) is 5.33 Å². The van der Waals surface area contributed by atoms with Gasteiger partial charge in [0, 0.05) is 5.56 Å². The summed E-state index contributed by atoms with van der Waals surface area (Å²) in [4.78, 5) is 11.6. The second-order valence-electron chi connectivity index (χ2n) is 5.10. The lowest BCUT2D eigenvalue weighted by atomic mass is 9.85. The molecule has 0 bridgehead atoms. The van der Waals surface area contributed by atoms with Gasteiger partial charge in [0.2, 0.25) is 0 Å². The van der Waals surface area contributed by atoms with Crippen LogP contribution in [0.1, 0.15) is 36.7 Å². The molecule has 6 heteroatoms. The number of Topliss-reactive ketones (excluding diaryl/α,β-unsaturated/α-hetero) is 1. The maximum Gasteiger partial charge on any atom is 0.573 e. The van der Waals surface area contributed by atoms with Crippen LogP contribution in [0.25, 0.3) is 0 Å². The van der Waals surface area contributed by atoms with E-state index in [0.717, 1.165) is 6.07 Å². The normalized spacial score (nSPS) is 12.4. The third kappa shape index (κ3) is 4.86. The molecule has 1 rings (SSSR count). The van der Waals surface area contributed by atoms with E-state index < -0.39 is 6.36 Å². The summed E-state index contributed by atoms with van der Waals surface area (Å²) in [5, 5.41) is 0.0477. The highest BCUT2D eigenvalue weighted by atomic mass is 79.9. The first-order chi connectivity index (χ1) is 8.53. The molecule has 0 amide bonds. The Kier molecular flexibility index (Phi) is 4.66. The molecule has 1 aromatic rings. The highest BCUT2D eigenvalue weighted by Crippen LogP contribution is 2.31. The number of rotatable bonds is 3. The van der Waals surface area contributed by atoms with E-state index in [1.54, 1.807) is 6.07 Å². The molecule has 0 spiro atoms. The lowest BCUT2D eigenvalue weighted by Crippen LogP contribution is -2.19. The molecular formula is C13H14BrF3O2. The molecule has 0 aliphatic carbocycles. The van der Waals surface area contributed by atoms with Crippen LogP contribution >= 0.6 is 15.9 Å². The number of alkyl halides is 4. The molecule has 0 N–H and O–H groups in total. The average Bonchev–Trinajstić information content (AvgIpc) is 2.24. The highest BCUT2D eigenvalue weighted by Gasteiger charge is 2.32. The topological polar surface area (TPSA) is 26.3 Å². The SMILES string of the molecule is CC(C)(C)c1cc(OC(F)(F)F)cc(C(=O)CBr)c1. The van der Waals surface area contributed by atoms with Gasteiger partial charge in [-0.05, 0) is 29.2 Å². The number of hydrogen-bond acceptors (Lipinski definition) is 2. The van der Waals surface area contributed by atoms with Crippen LogP contribution in [0.5, 0.6) is 5.75 Å². The third-order valence-electron chi connectivity index (χ3n) is 2.45. The minimum absolute atomic E-state index is 0.0477. The van der Waals surface area contributed by atoms with Crippen molar-refractivity contribution in [3.8, 4) is 5.75 Å². The maximum absolute atomic E-state index is 12.3. The Hall–Kier alpha value is -1.04. The van der Waals surface area contributed by atoms with Gasteiger partial charge < -0.3 is 4.74 Å². The zero-order valence-corrected chi connectivity index (χ0v) is 12.4. The molecule has 0 saturated carbocycles. The van der Waals surface area contributed by atoms with E-state index in [1.165, 1.54) is 6.07 Å². The standard InChI is InChI=1S/C13H14BrF3O2/c1-12(2,3)9-4-8(11(18)7-14)5-10(6-9)19-13(15,16)17/h4-6H,7H2,1-3H3. The van der Waals surface area contributed by atoms with E-state index in [9.17, 15) is 18.0 Å². The largest absolute Gasteiger partial charge is 0.573 e. The summed E-state index contributed by atoms with van der Waals surface area (Å²) >= 11 is 3.00. The first-order valence-corrected chi connectivity index (χ1v) is 6.65. The van der Waals surface area contributed by atoms with Gasteiger partial charge in [0.05, 0.1) is 5.33 Å². The quantitative estimate of drug-likeness (QED) is 0.600. The van der Waals surface area contributed by atoms with Gasteiger partial charge in [0.15, 0.2) is 5.78 Å². The van der Waals surface area contributed by atoms with Crippen molar-refractivity contribution in [3.05, 3.63) is 29.3 Å². The van der Waals surface area contributed by atoms with E-state index in [4.69, 9.17) is 0 Å². The zero-order chi connectivity index (χ0) is 14.8. The van der Waals surface area contributed by atoms with Gasteiger partial charge in [-0.25, -0.2) is 0 Å². The van der Waals surface area contributed by atoms with Gasteiger partial charge >= 0.3 is 6.36 Å². The Bertz CT molecular complexity index is 476. The Morgan fingerprint density at radius 3 is 2.21 bits per heavy atom. The third-order valence-corrected chi connectivity index (χ3v) is 2.96. The molecule has 19 heavy (non-hydrogen) atoms. The van der Waals surface area contributed by atoms with Crippen LogP contribution in [0, 0.1) is 0 Å². The number of carbonyl (C=O) groups is 1. The van der Waals surface area contributed by atoms with Gasteiger partial charge in [0.25, 0.3) is 0 Å². The fourth-order valence-corrected chi connectivity index (χ4v) is 1.79. The van der Waals surface area contributed by atoms with Crippen LogP contribution in [-0.4, -0.2) is 17.5 Å². The van der Waals surface area contributed by atoms with Gasteiger partial charge in [-0.2, -0.15) is 0 Å². The van der Waals surface area contributed by atoms with Crippen molar-refractivity contribution in [1.29, 1.82) is 0 Å². The second kappa shape index (κ2) is 5.53. The molecule has 0 aliphatic rings. The van der Waals surface area contributed by atoms with Gasteiger partial charge in [-0.1, -0.05) is 36.7 Å². The molecule has 1 aromatic carbocycles. The van der Waals surface area contributed by atoms with Crippen LogP contribution in [0.15, 0.2) is 18.2 Å². The van der Waals surface area contributed by atoms with E-state index in [-0.39, 0.29) is 27.8 Å². The molecule has 2 nitrogen and oxygen atoms in total. The van der Waals surface area contributed by atoms with Crippen molar-refractivity contribution in [2.24, 2.45) is 0 Å². The van der Waals surface area contributed by atoms with Crippen LogP contribution in [-0.2, 0) is 5.41 Å². The zero-order valence-electron chi connectivity index (χ0n) is 10.8. The number of benzene rings is 1. The maximum atomic E-state index is 12.3. The minimum atomic E-state index is -4.77. The molecule has 0 atom stereocenters. The number of hydrogen-bond donors (Lipinski definition) is 0. The molecule has 0 radical (unpaired) electrons. The number of ketones is 1. The first kappa shape index (κ1) is 16.0. The summed E-state index contributed by atoms with van der Waals surface area (Å²) < 4.78 is 40.7. The van der Waals surface area contributed by atoms with Gasteiger partial charge in [0.1, 0.15) is 5.75 Å². The molecule has 0 aliphatic heterocycles. The summed E-state index contributed by atoms with van der Waals surface area (Å²) in [6.45, 7) is 5.55. The molecule has 0 fully saturated rings. The Labute approximate surface area is 118 Å². The average molecular weight is 339 g/mol. The van der Waals surface area contributed by atoms with Crippen molar-refractivity contribution in [1.82, 2.24) is 0 Å². The number of carbonyl (C=O) groups excluding carboxylic acids is 1. The summed E-state index contributed by atoms with van der Waals surface area (Å²) in [7, 11) is 0. The Balaban J connectivity index is 3.28. The predicted molar refractivity (Wildman–Crippen MR) is 69.9 cm³/mol. The van der Waals surface area contributed by atoms with E-state index in [1.807, 2.05) is 20.8 Å². The van der Waals surface area contributed by atoms with Crippen LogP contribution < -0.4 is 4.74 Å². The van der Waals surface area contributed by atoms with Crippen molar-refractivity contribution in [2.45, 2.75) is 32.5 Å². The number of halogens is 4. The lowest BCUT2D eigenvalue weighted by Gasteiger charge is -2.21. The Morgan fingerprint density at radius 2 is 1.79 bits per heavy atom. The fourth-order valence-electron chi connectivity index (χ4n) is 1.46. The molecular weight excluding hydrogens is 325 g/mol. The van der Waals surface area contributed by atoms with Crippen LogP contribution in [0.3, 0.4) is 0 Å². The highest BCUT2D eigenvalue weighted by molar-refractivity contribution is 9.09. The smallest absolute Gasteiger partial charge is 0.406 e. The van der Waals surface area contributed by atoms with Gasteiger partial charge in [-0.3, -0.25) is 4.79 Å². The van der Waals surface area contributed by atoms with E-state index in [2.05, 4.69) is 20.7 Å². The monoisotopic (exact) mass is 338 g/mol. The summed E-state index contributed by atoms with van der Waals surface area (Å²) in [6.07, 6.45) is -4.77. The van der Waals surface area contributed by atoms with E-state index >= 15 is 0 Å². The van der Waals surface area contributed by atoms with Crippen molar-refractivity contribution < 1.29 is 22.7 Å². The predicted octanol–water partition coefficient (Wildman–Crippen LogP) is 4.46. The molecule has 0 heterocycles. The molecule has 106 valence electrons. The summed E-state index contributed by atoms with van der Waals surface area (Å²) in [5.74, 6) is -0.664. The minimum Gasteiger partial charge on any atom is -0.406 e. The molecule has 0 saturated heterocycles. The Morgan fingerprint density at radius 1 is 1.21 bits per heavy atom. The van der Waals surface area contributed by atoms with Gasteiger partial charge in [-0.15, -0.1) is 13.2 Å². The number of ether oxygens (including phenoxy) is 1. The lowest BCUT2D eigenvalue weighted by molar-refractivity contribution is -0.274. The van der Waals surface area contributed by atoms with E-state index in [0.29, 0.717) is 5.56 Å². The van der Waals surface area contributed by atoms with Crippen molar-refractivity contribution >= 4 is 21.7 Å². The van der Waals surface area contributed by atoms with Crippen LogP contribution in [0.2, 0.25) is 0 Å². The first-order valence-electron chi connectivity index (χ1n) is 5.53. The molecule has 0 unspecified atom stereocenters. The second-order valence-corrected chi connectivity index (χ2v) is 5.66. The fraction of sp³-hybridized carbons (Fsp3) is 0.462.